The summed E-state index contributed by atoms with van der Waals surface area (Å²) in [7, 11) is 0. The summed E-state index contributed by atoms with van der Waals surface area (Å²) in [4.78, 5) is 15.7. The van der Waals surface area contributed by atoms with Crippen LogP contribution in [0.15, 0.2) is 60.9 Å². The third-order valence-electron chi connectivity index (χ3n) is 3.90. The Kier molecular flexibility index (Phi) is 8.34. The van der Waals surface area contributed by atoms with E-state index in [2.05, 4.69) is 40.6 Å². The van der Waals surface area contributed by atoms with Gasteiger partial charge >= 0.3 is 0 Å². The van der Waals surface area contributed by atoms with Crippen molar-refractivity contribution in [2.24, 2.45) is 0 Å². The number of aromatic nitrogens is 1. The first-order valence-electron chi connectivity index (χ1n) is 8.74. The van der Waals surface area contributed by atoms with Gasteiger partial charge in [0.15, 0.2) is 0 Å². The number of hydrogen-bond donors (Lipinski definition) is 1. The van der Waals surface area contributed by atoms with Crippen molar-refractivity contribution in [2.75, 3.05) is 6.54 Å². The van der Waals surface area contributed by atoms with Gasteiger partial charge in [-0.2, -0.15) is 0 Å². The zero-order valence-electron chi connectivity index (χ0n) is 14.2. The molecular formula is C21H26N2O. The number of aryl methyl sites for hydroxylation is 1. The number of pyridine rings is 1. The summed E-state index contributed by atoms with van der Waals surface area (Å²) in [6.07, 6.45) is 13.9. The summed E-state index contributed by atoms with van der Waals surface area (Å²) >= 11 is 0. The Morgan fingerprint density at radius 3 is 2.54 bits per heavy atom. The van der Waals surface area contributed by atoms with Crippen molar-refractivity contribution in [3.8, 4) is 0 Å². The molecule has 126 valence electrons. The van der Waals surface area contributed by atoms with Crippen LogP contribution in [0.4, 0.5) is 0 Å². The number of benzene rings is 1. The molecule has 1 aromatic carbocycles. The van der Waals surface area contributed by atoms with Gasteiger partial charge in [0.2, 0.25) is 5.91 Å². The predicted octanol–water partition coefficient (Wildman–Crippen LogP) is 4.40. The highest BCUT2D eigenvalue weighted by Crippen LogP contribution is 2.08. The molecule has 3 nitrogen and oxygen atoms in total. The highest BCUT2D eigenvalue weighted by Gasteiger charge is 1.96. The molecule has 0 fully saturated rings. The van der Waals surface area contributed by atoms with Gasteiger partial charge in [-0.05, 0) is 42.5 Å². The minimum Gasteiger partial charge on any atom is -0.353 e. The zero-order chi connectivity index (χ0) is 16.9. The maximum Gasteiger partial charge on any atom is 0.243 e. The number of nitrogens with one attached hydrogen (secondary N) is 1. The van der Waals surface area contributed by atoms with E-state index in [0.29, 0.717) is 0 Å². The van der Waals surface area contributed by atoms with Crippen LogP contribution in [0.1, 0.15) is 43.2 Å². The zero-order valence-corrected chi connectivity index (χ0v) is 14.2. The maximum atomic E-state index is 11.7. The van der Waals surface area contributed by atoms with E-state index in [0.717, 1.165) is 24.9 Å². The van der Waals surface area contributed by atoms with Crippen LogP contribution in [0.2, 0.25) is 0 Å². The molecule has 2 rings (SSSR count). The fourth-order valence-corrected chi connectivity index (χ4v) is 2.55. The molecule has 0 unspecified atom stereocenters. The van der Waals surface area contributed by atoms with Gasteiger partial charge in [-0.15, -0.1) is 0 Å². The van der Waals surface area contributed by atoms with Crippen LogP contribution >= 0.6 is 0 Å². The number of nitrogens with zero attached hydrogens (tertiary/aromatic N) is 1. The standard InChI is InChI=1S/C21H26N2O/c24-21(15-14-20-13-9-16-22-18-20)23-17-8-3-1-2-5-10-19-11-6-4-7-12-19/h4,6-7,9,11-16,18H,1-3,5,8,10,17H2,(H,23,24). The number of amides is 1. The van der Waals surface area contributed by atoms with E-state index in [1.165, 1.54) is 31.2 Å². The first-order valence-corrected chi connectivity index (χ1v) is 8.74. The molecule has 0 atom stereocenters. The smallest absolute Gasteiger partial charge is 0.243 e. The number of carbonyl (C=O) groups excluding carboxylic acids is 1. The van der Waals surface area contributed by atoms with Crippen LogP contribution in [0.3, 0.4) is 0 Å². The average molecular weight is 322 g/mol. The quantitative estimate of drug-likeness (QED) is 0.520. The average Bonchev–Trinajstić information content (AvgIpc) is 2.64. The number of hydrogen-bond acceptors (Lipinski definition) is 2. The van der Waals surface area contributed by atoms with Crippen LogP contribution in [0.25, 0.3) is 6.08 Å². The Bertz CT molecular complexity index is 608. The molecule has 24 heavy (non-hydrogen) atoms. The minimum absolute atomic E-state index is 0.0390. The van der Waals surface area contributed by atoms with Crippen LogP contribution in [-0.4, -0.2) is 17.4 Å². The summed E-state index contributed by atoms with van der Waals surface area (Å²) < 4.78 is 0. The predicted molar refractivity (Wildman–Crippen MR) is 99.5 cm³/mol. The number of unbranched alkanes of at least 4 members (excludes halogenated alkanes) is 4. The van der Waals surface area contributed by atoms with Gasteiger partial charge in [-0.3, -0.25) is 9.78 Å². The summed E-state index contributed by atoms with van der Waals surface area (Å²) in [6, 6.07) is 14.4. The van der Waals surface area contributed by atoms with Crippen molar-refractivity contribution in [3.05, 3.63) is 72.1 Å². The second kappa shape index (κ2) is 11.2. The molecule has 0 bridgehead atoms. The van der Waals surface area contributed by atoms with E-state index < -0.39 is 0 Å². The first-order chi connectivity index (χ1) is 11.8. The molecule has 1 aromatic heterocycles. The van der Waals surface area contributed by atoms with Gasteiger partial charge in [0.25, 0.3) is 0 Å². The molecule has 1 N–H and O–H groups in total. The summed E-state index contributed by atoms with van der Waals surface area (Å²) in [5.74, 6) is -0.0390. The van der Waals surface area contributed by atoms with Crippen LogP contribution in [0, 0.1) is 0 Å². The van der Waals surface area contributed by atoms with Crippen molar-refractivity contribution >= 4 is 12.0 Å². The van der Waals surface area contributed by atoms with Crippen LogP contribution in [-0.2, 0) is 11.2 Å². The second-order valence-corrected chi connectivity index (χ2v) is 5.91. The van der Waals surface area contributed by atoms with Crippen LogP contribution in [0.5, 0.6) is 0 Å². The number of carbonyl (C=O) groups is 1. The molecule has 1 heterocycles. The van der Waals surface area contributed by atoms with Gasteiger partial charge in [0, 0.05) is 25.0 Å². The third-order valence-corrected chi connectivity index (χ3v) is 3.90. The van der Waals surface area contributed by atoms with Gasteiger partial charge in [-0.1, -0.05) is 55.7 Å². The molecule has 1 amide bonds. The lowest BCUT2D eigenvalue weighted by molar-refractivity contribution is -0.116. The molecule has 0 aliphatic heterocycles. The molecule has 0 saturated carbocycles. The lowest BCUT2D eigenvalue weighted by atomic mass is 10.1. The van der Waals surface area contributed by atoms with Gasteiger partial charge in [-0.25, -0.2) is 0 Å². The molecule has 0 saturated heterocycles. The molecule has 0 aliphatic rings. The minimum atomic E-state index is -0.0390. The van der Waals surface area contributed by atoms with Gasteiger partial charge in [0.05, 0.1) is 0 Å². The Balaban J connectivity index is 1.46. The van der Waals surface area contributed by atoms with Crippen molar-refractivity contribution in [3.63, 3.8) is 0 Å². The Hall–Kier alpha value is -2.42. The van der Waals surface area contributed by atoms with E-state index >= 15 is 0 Å². The summed E-state index contributed by atoms with van der Waals surface area (Å²) in [5, 5.41) is 2.92. The van der Waals surface area contributed by atoms with E-state index in [4.69, 9.17) is 0 Å². The Morgan fingerprint density at radius 2 is 1.75 bits per heavy atom. The second-order valence-electron chi connectivity index (χ2n) is 5.91. The lowest BCUT2D eigenvalue weighted by Crippen LogP contribution is -2.21. The van der Waals surface area contributed by atoms with Crippen LogP contribution < -0.4 is 5.32 Å². The van der Waals surface area contributed by atoms with E-state index in [-0.39, 0.29) is 5.91 Å². The molecular weight excluding hydrogens is 296 g/mol. The molecule has 0 spiro atoms. The van der Waals surface area contributed by atoms with Crippen molar-refractivity contribution in [2.45, 2.75) is 38.5 Å². The number of rotatable bonds is 10. The lowest BCUT2D eigenvalue weighted by Gasteiger charge is -2.03. The maximum absolute atomic E-state index is 11.7. The fraction of sp³-hybridized carbons (Fsp3) is 0.333. The fourth-order valence-electron chi connectivity index (χ4n) is 2.55. The van der Waals surface area contributed by atoms with E-state index in [9.17, 15) is 4.79 Å². The SMILES string of the molecule is O=C(C=Cc1cccnc1)NCCCCCCCc1ccccc1. The molecule has 3 heteroatoms. The van der Waals surface area contributed by atoms with Crippen molar-refractivity contribution < 1.29 is 4.79 Å². The summed E-state index contributed by atoms with van der Waals surface area (Å²) in [5.41, 5.74) is 2.36. The first kappa shape index (κ1) is 17.9. The molecule has 0 aliphatic carbocycles. The monoisotopic (exact) mass is 322 g/mol. The van der Waals surface area contributed by atoms with Crippen molar-refractivity contribution in [1.82, 2.24) is 10.3 Å². The molecule has 0 radical (unpaired) electrons. The van der Waals surface area contributed by atoms with E-state index in [1.807, 2.05) is 12.1 Å². The molecule has 2 aromatic rings. The highest BCUT2D eigenvalue weighted by atomic mass is 16.1. The highest BCUT2D eigenvalue weighted by molar-refractivity contribution is 5.91. The largest absolute Gasteiger partial charge is 0.353 e. The Labute approximate surface area is 144 Å². The van der Waals surface area contributed by atoms with E-state index in [1.54, 1.807) is 24.5 Å². The van der Waals surface area contributed by atoms with Gasteiger partial charge in [0.1, 0.15) is 0 Å². The normalized spacial score (nSPS) is 10.8. The van der Waals surface area contributed by atoms with Gasteiger partial charge < -0.3 is 5.32 Å². The Morgan fingerprint density at radius 1 is 0.958 bits per heavy atom. The van der Waals surface area contributed by atoms with Crippen molar-refractivity contribution in [1.29, 1.82) is 0 Å². The summed E-state index contributed by atoms with van der Waals surface area (Å²) in [6.45, 7) is 0.745. The topological polar surface area (TPSA) is 42.0 Å². The third kappa shape index (κ3) is 7.73.